The Morgan fingerprint density at radius 2 is 2.10 bits per heavy atom. The molecule has 0 radical (unpaired) electrons. The molecule has 1 atom stereocenters. The Morgan fingerprint density at radius 3 is 2.60 bits per heavy atom. The van der Waals surface area contributed by atoms with Crippen LogP contribution in [-0.4, -0.2) is 36.2 Å². The Balaban J connectivity index is 2.68. The number of aromatic nitrogens is 2. The van der Waals surface area contributed by atoms with Gasteiger partial charge in [0.05, 0.1) is 12.6 Å². The number of nitrogen functional groups attached to an aromatic ring is 1. The normalized spacial score (nSPS) is 13.3. The molecule has 0 spiro atoms. The van der Waals surface area contributed by atoms with Crippen molar-refractivity contribution in [1.82, 2.24) is 9.55 Å². The fourth-order valence-electron chi connectivity index (χ4n) is 1.48. The summed E-state index contributed by atoms with van der Waals surface area (Å²) in [7, 11) is -0.629. The maximum Gasteiger partial charge on any atom is 0.355 e. The Bertz CT molecular complexity index is 525. The third kappa shape index (κ3) is 4.72. The zero-order valence-electron chi connectivity index (χ0n) is 11.8. The molecular weight excluding hydrogens is 285 g/mol. The molecule has 0 aliphatic rings. The minimum Gasteiger partial charge on any atom is -0.383 e. The molecule has 0 aliphatic carbocycles. The third-order valence-corrected chi connectivity index (χ3v) is 4.35. The molecule has 1 unspecified atom stereocenters. The maximum atomic E-state index is 11.9. The number of rotatable bonds is 8. The molecule has 1 aromatic rings. The van der Waals surface area contributed by atoms with Crippen LogP contribution in [0, 0.1) is 0 Å². The van der Waals surface area contributed by atoms with E-state index in [1.165, 1.54) is 24.9 Å². The van der Waals surface area contributed by atoms with Gasteiger partial charge in [-0.05, 0) is 12.5 Å². The van der Waals surface area contributed by atoms with Gasteiger partial charge in [0.1, 0.15) is 12.2 Å². The first-order chi connectivity index (χ1) is 9.44. The highest BCUT2D eigenvalue weighted by Crippen LogP contribution is 2.46. The van der Waals surface area contributed by atoms with E-state index < -0.39 is 13.3 Å². The first-order valence-electron chi connectivity index (χ1n) is 6.09. The number of nitrogens with zero attached hydrogens (tertiary/aromatic N) is 2. The highest BCUT2D eigenvalue weighted by Gasteiger charge is 2.23. The lowest BCUT2D eigenvalue weighted by molar-refractivity contribution is 0.0549. The monoisotopic (exact) mass is 305 g/mol. The van der Waals surface area contributed by atoms with E-state index in [4.69, 9.17) is 19.5 Å². The van der Waals surface area contributed by atoms with Gasteiger partial charge in [0.25, 0.3) is 0 Å². The highest BCUT2D eigenvalue weighted by atomic mass is 31.2. The van der Waals surface area contributed by atoms with Gasteiger partial charge in [-0.15, -0.1) is 0 Å². The predicted octanol–water partition coefficient (Wildman–Crippen LogP) is 1.06. The number of hydrogen-bond acceptors (Lipinski definition) is 7. The van der Waals surface area contributed by atoms with Crippen LogP contribution >= 0.6 is 7.60 Å². The van der Waals surface area contributed by atoms with Gasteiger partial charge < -0.3 is 19.5 Å². The highest BCUT2D eigenvalue weighted by molar-refractivity contribution is 7.53. The molecule has 0 bridgehead atoms. The van der Waals surface area contributed by atoms with E-state index in [0.717, 1.165) is 0 Å². The number of anilines is 1. The van der Waals surface area contributed by atoms with E-state index in [1.54, 1.807) is 6.20 Å². The summed E-state index contributed by atoms with van der Waals surface area (Å²) in [4.78, 5) is 15.2. The molecule has 114 valence electrons. The molecule has 0 fully saturated rings. The van der Waals surface area contributed by atoms with Crippen LogP contribution in [0.25, 0.3) is 0 Å². The topological polar surface area (TPSA) is 106 Å². The molecule has 0 aliphatic heterocycles. The average Bonchev–Trinajstić information content (AvgIpc) is 2.45. The molecule has 0 amide bonds. The van der Waals surface area contributed by atoms with Crippen LogP contribution in [0.2, 0.25) is 0 Å². The maximum absolute atomic E-state index is 11.9. The van der Waals surface area contributed by atoms with Crippen molar-refractivity contribution >= 4 is 13.4 Å². The van der Waals surface area contributed by atoms with E-state index >= 15 is 0 Å². The zero-order valence-corrected chi connectivity index (χ0v) is 12.7. The van der Waals surface area contributed by atoms with Crippen LogP contribution in [0.5, 0.6) is 0 Å². The van der Waals surface area contributed by atoms with Crippen LogP contribution in [0.4, 0.5) is 5.82 Å². The Labute approximate surface area is 117 Å². The van der Waals surface area contributed by atoms with Gasteiger partial charge >= 0.3 is 13.3 Å². The third-order valence-electron chi connectivity index (χ3n) is 2.78. The summed E-state index contributed by atoms with van der Waals surface area (Å²) in [6, 6.07) is 1.53. The van der Waals surface area contributed by atoms with Gasteiger partial charge in [-0.3, -0.25) is 9.13 Å². The lowest BCUT2D eigenvalue weighted by atomic mass is 10.3. The number of ether oxygens (including phenoxy) is 1. The summed E-state index contributed by atoms with van der Waals surface area (Å²) in [5.41, 5.74) is 4.97. The summed E-state index contributed by atoms with van der Waals surface area (Å²) in [5, 5.41) is 0. The molecular formula is C11H20N3O5P. The standard InChI is InChI=1S/C11H20N3O5P/c1-4-9(19-8-20(16,17-2)18-3)7-14-6-5-10(12)13-11(14)15/h5-6,9H,4,7-8H2,1-3H3,(H2,12,13,15). The smallest absolute Gasteiger partial charge is 0.355 e. The second-order valence-electron chi connectivity index (χ2n) is 4.09. The summed E-state index contributed by atoms with van der Waals surface area (Å²) in [5.74, 6) is 0.170. The molecule has 9 heteroatoms. The van der Waals surface area contributed by atoms with Gasteiger partial charge in [0.2, 0.25) is 0 Å². The SMILES string of the molecule is CCC(Cn1ccc(N)nc1=O)OCP(=O)(OC)OC. The van der Waals surface area contributed by atoms with Crippen molar-refractivity contribution in [3.05, 3.63) is 22.7 Å². The van der Waals surface area contributed by atoms with E-state index in [-0.39, 0.29) is 24.8 Å². The van der Waals surface area contributed by atoms with Crippen molar-refractivity contribution in [2.45, 2.75) is 26.0 Å². The molecule has 1 rings (SSSR count). The van der Waals surface area contributed by atoms with E-state index in [2.05, 4.69) is 4.98 Å². The lowest BCUT2D eigenvalue weighted by Gasteiger charge is -2.20. The van der Waals surface area contributed by atoms with E-state index in [0.29, 0.717) is 6.42 Å². The van der Waals surface area contributed by atoms with Crippen molar-refractivity contribution in [2.24, 2.45) is 0 Å². The van der Waals surface area contributed by atoms with Crippen molar-refractivity contribution in [3.63, 3.8) is 0 Å². The predicted molar refractivity (Wildman–Crippen MR) is 74.6 cm³/mol. The molecule has 2 N–H and O–H groups in total. The first-order valence-corrected chi connectivity index (χ1v) is 7.82. The van der Waals surface area contributed by atoms with Crippen molar-refractivity contribution in [2.75, 3.05) is 26.3 Å². The molecule has 0 aromatic carbocycles. The van der Waals surface area contributed by atoms with Gasteiger partial charge in [0.15, 0.2) is 0 Å². The second kappa shape index (κ2) is 7.54. The molecule has 1 heterocycles. The molecule has 8 nitrogen and oxygen atoms in total. The largest absolute Gasteiger partial charge is 0.383 e. The Hall–Kier alpha value is -1.21. The van der Waals surface area contributed by atoms with Gasteiger partial charge in [-0.25, -0.2) is 4.79 Å². The fourth-order valence-corrected chi connectivity index (χ4v) is 2.23. The van der Waals surface area contributed by atoms with Crippen LogP contribution in [-0.2, 0) is 24.9 Å². The van der Waals surface area contributed by atoms with Crippen LogP contribution in [0.3, 0.4) is 0 Å². The minimum atomic E-state index is -3.22. The van der Waals surface area contributed by atoms with Crippen molar-refractivity contribution in [1.29, 1.82) is 0 Å². The summed E-state index contributed by atoms with van der Waals surface area (Å²) < 4.78 is 28.3. The van der Waals surface area contributed by atoms with Crippen molar-refractivity contribution < 1.29 is 18.3 Å². The second-order valence-corrected chi connectivity index (χ2v) is 6.30. The van der Waals surface area contributed by atoms with Gasteiger partial charge in [0, 0.05) is 20.4 Å². The zero-order chi connectivity index (χ0) is 15.2. The van der Waals surface area contributed by atoms with Crippen LogP contribution in [0.1, 0.15) is 13.3 Å². The summed E-state index contributed by atoms with van der Waals surface area (Å²) in [6.07, 6.45) is 1.69. The molecule has 0 saturated carbocycles. The fraction of sp³-hybridized carbons (Fsp3) is 0.636. The quantitative estimate of drug-likeness (QED) is 0.716. The minimum absolute atomic E-state index is 0.170. The Kier molecular flexibility index (Phi) is 6.35. The summed E-state index contributed by atoms with van der Waals surface area (Å²) in [6.45, 7) is 2.18. The number of nitrogens with two attached hydrogens (primary N) is 1. The van der Waals surface area contributed by atoms with Crippen molar-refractivity contribution in [3.8, 4) is 0 Å². The van der Waals surface area contributed by atoms with Gasteiger partial charge in [-0.2, -0.15) is 4.98 Å². The molecule has 1 aromatic heterocycles. The average molecular weight is 305 g/mol. The van der Waals surface area contributed by atoms with Gasteiger partial charge in [-0.1, -0.05) is 6.92 Å². The van der Waals surface area contributed by atoms with Crippen LogP contribution < -0.4 is 11.4 Å². The lowest BCUT2D eigenvalue weighted by Crippen LogP contribution is -2.30. The first kappa shape index (κ1) is 16.8. The number of hydrogen-bond donors (Lipinski definition) is 1. The van der Waals surface area contributed by atoms with E-state index in [9.17, 15) is 9.36 Å². The summed E-state index contributed by atoms with van der Waals surface area (Å²) >= 11 is 0. The molecule has 0 saturated heterocycles. The van der Waals surface area contributed by atoms with Crippen LogP contribution in [0.15, 0.2) is 17.1 Å². The molecule has 20 heavy (non-hydrogen) atoms. The Morgan fingerprint density at radius 1 is 1.45 bits per heavy atom. The van der Waals surface area contributed by atoms with E-state index in [1.807, 2.05) is 6.92 Å².